The van der Waals surface area contributed by atoms with Crippen molar-refractivity contribution in [1.29, 1.82) is 0 Å². The molecule has 2 aromatic rings. The first-order valence-corrected chi connectivity index (χ1v) is 5.82. The lowest BCUT2D eigenvalue weighted by atomic mass is 10.2. The number of aromatic amines is 1. The summed E-state index contributed by atoms with van der Waals surface area (Å²) < 4.78 is 0. The summed E-state index contributed by atoms with van der Waals surface area (Å²) in [5, 5.41) is 11.5. The first-order chi connectivity index (χ1) is 9.04. The second-order valence-corrected chi connectivity index (χ2v) is 4.26. The van der Waals surface area contributed by atoms with Crippen LogP contribution in [0, 0.1) is 6.92 Å². The van der Waals surface area contributed by atoms with Gasteiger partial charge in [0, 0.05) is 16.8 Å². The van der Waals surface area contributed by atoms with Gasteiger partial charge in [0.15, 0.2) is 5.82 Å². The van der Waals surface area contributed by atoms with Gasteiger partial charge in [-0.2, -0.15) is 5.10 Å². The fraction of sp³-hybridized carbons (Fsp3) is 0.0833. The number of carbonyl (C=O) groups is 1. The van der Waals surface area contributed by atoms with Gasteiger partial charge >= 0.3 is 6.03 Å². The number of hydrogen-bond acceptors (Lipinski definition) is 3. The molecule has 1 aromatic carbocycles. The molecule has 0 aliphatic rings. The molecule has 0 radical (unpaired) electrons. The number of nitrogens with one attached hydrogen (secondary N) is 3. The van der Waals surface area contributed by atoms with E-state index in [1.807, 2.05) is 6.92 Å². The molecule has 98 valence electrons. The molecule has 0 unspecified atom stereocenters. The molecule has 19 heavy (non-hydrogen) atoms. The van der Waals surface area contributed by atoms with Crippen molar-refractivity contribution in [3.05, 3.63) is 51.3 Å². The number of benzene rings is 1. The van der Waals surface area contributed by atoms with Crippen LogP contribution < -0.4 is 16.2 Å². The van der Waals surface area contributed by atoms with E-state index >= 15 is 0 Å². The Bertz CT molecular complexity index is 649. The van der Waals surface area contributed by atoms with Crippen LogP contribution in [0.4, 0.5) is 16.3 Å². The van der Waals surface area contributed by atoms with Gasteiger partial charge in [-0.15, -0.1) is 0 Å². The van der Waals surface area contributed by atoms with Crippen molar-refractivity contribution in [3.63, 3.8) is 0 Å². The number of halogens is 1. The molecule has 0 aliphatic heterocycles. The molecule has 1 aromatic heterocycles. The lowest BCUT2D eigenvalue weighted by Gasteiger charge is -2.07. The number of hydrogen-bond donors (Lipinski definition) is 3. The van der Waals surface area contributed by atoms with E-state index < -0.39 is 6.03 Å². The minimum Gasteiger partial charge on any atom is -0.308 e. The average molecular weight is 279 g/mol. The van der Waals surface area contributed by atoms with Gasteiger partial charge < -0.3 is 5.32 Å². The molecule has 7 heteroatoms. The van der Waals surface area contributed by atoms with Gasteiger partial charge in [0.2, 0.25) is 0 Å². The van der Waals surface area contributed by atoms with E-state index in [9.17, 15) is 9.59 Å². The summed E-state index contributed by atoms with van der Waals surface area (Å²) in [6.07, 6.45) is 0. The minimum absolute atomic E-state index is 0.246. The highest BCUT2D eigenvalue weighted by molar-refractivity contribution is 6.31. The van der Waals surface area contributed by atoms with E-state index in [1.54, 1.807) is 18.2 Å². The molecule has 0 fully saturated rings. The molecule has 0 saturated carbocycles. The van der Waals surface area contributed by atoms with Gasteiger partial charge in [-0.25, -0.2) is 9.89 Å². The Morgan fingerprint density at radius 1 is 1.26 bits per heavy atom. The normalized spacial score (nSPS) is 10.0. The van der Waals surface area contributed by atoms with Crippen LogP contribution >= 0.6 is 11.6 Å². The maximum atomic E-state index is 11.7. The van der Waals surface area contributed by atoms with E-state index in [-0.39, 0.29) is 11.4 Å². The molecule has 3 N–H and O–H groups in total. The molecule has 6 nitrogen and oxygen atoms in total. The zero-order chi connectivity index (χ0) is 13.8. The van der Waals surface area contributed by atoms with Gasteiger partial charge in [-0.3, -0.25) is 10.1 Å². The number of aryl methyl sites for hydroxylation is 1. The number of carbonyl (C=O) groups excluding carboxylic acids is 1. The van der Waals surface area contributed by atoms with Crippen molar-refractivity contribution in [2.75, 3.05) is 10.6 Å². The lowest BCUT2D eigenvalue weighted by molar-refractivity contribution is 0.262. The van der Waals surface area contributed by atoms with Crippen molar-refractivity contribution in [2.24, 2.45) is 0 Å². The SMILES string of the molecule is Cc1ccc(NC(=O)Nc2ccc(=O)[nH]n2)cc1Cl. The zero-order valence-corrected chi connectivity index (χ0v) is 10.8. The van der Waals surface area contributed by atoms with Crippen LogP contribution in [0.25, 0.3) is 0 Å². The van der Waals surface area contributed by atoms with E-state index in [0.29, 0.717) is 10.7 Å². The summed E-state index contributed by atoms with van der Waals surface area (Å²) in [6.45, 7) is 1.87. The van der Waals surface area contributed by atoms with Crippen LogP contribution in [-0.2, 0) is 0 Å². The minimum atomic E-state index is -0.473. The van der Waals surface area contributed by atoms with E-state index in [2.05, 4.69) is 20.8 Å². The summed E-state index contributed by atoms with van der Waals surface area (Å²) in [5.41, 5.74) is 1.16. The molecule has 2 rings (SSSR count). The molecular weight excluding hydrogens is 268 g/mol. The van der Waals surface area contributed by atoms with Gasteiger partial charge in [0.05, 0.1) is 0 Å². The summed E-state index contributed by atoms with van der Waals surface area (Å²) >= 11 is 5.95. The number of aromatic nitrogens is 2. The van der Waals surface area contributed by atoms with Gasteiger partial charge in [-0.1, -0.05) is 17.7 Å². The number of amides is 2. The number of anilines is 2. The second-order valence-electron chi connectivity index (χ2n) is 3.85. The Balaban J connectivity index is 2.03. The van der Waals surface area contributed by atoms with Crippen LogP contribution in [0.3, 0.4) is 0 Å². The van der Waals surface area contributed by atoms with Crippen LogP contribution in [0.2, 0.25) is 5.02 Å². The molecular formula is C12H11ClN4O2. The number of urea groups is 1. The maximum absolute atomic E-state index is 11.7. The summed E-state index contributed by atoms with van der Waals surface area (Å²) in [7, 11) is 0. The molecule has 0 bridgehead atoms. The van der Waals surface area contributed by atoms with Crippen LogP contribution in [-0.4, -0.2) is 16.2 Å². The Kier molecular flexibility index (Phi) is 3.82. The highest BCUT2D eigenvalue weighted by atomic mass is 35.5. The maximum Gasteiger partial charge on any atom is 0.324 e. The van der Waals surface area contributed by atoms with Gasteiger partial charge in [0.25, 0.3) is 5.56 Å². The Morgan fingerprint density at radius 2 is 2.05 bits per heavy atom. The number of rotatable bonds is 2. The van der Waals surface area contributed by atoms with Crippen molar-refractivity contribution in [2.45, 2.75) is 6.92 Å². The van der Waals surface area contributed by atoms with Crippen molar-refractivity contribution < 1.29 is 4.79 Å². The monoisotopic (exact) mass is 278 g/mol. The van der Waals surface area contributed by atoms with E-state index in [4.69, 9.17) is 11.6 Å². The lowest BCUT2D eigenvalue weighted by Crippen LogP contribution is -2.21. The van der Waals surface area contributed by atoms with Crippen LogP contribution in [0.15, 0.2) is 35.1 Å². The van der Waals surface area contributed by atoms with Gasteiger partial charge in [0.1, 0.15) is 0 Å². The number of nitrogens with zero attached hydrogens (tertiary/aromatic N) is 1. The summed E-state index contributed by atoms with van der Waals surface area (Å²) in [4.78, 5) is 22.5. The topological polar surface area (TPSA) is 86.9 Å². The highest BCUT2D eigenvalue weighted by Gasteiger charge is 2.04. The molecule has 0 spiro atoms. The summed E-state index contributed by atoms with van der Waals surface area (Å²) in [6, 6.07) is 7.39. The smallest absolute Gasteiger partial charge is 0.308 e. The Morgan fingerprint density at radius 3 is 2.68 bits per heavy atom. The average Bonchev–Trinajstić information content (AvgIpc) is 2.37. The van der Waals surface area contributed by atoms with Crippen molar-refractivity contribution >= 4 is 29.1 Å². The molecule has 0 saturated heterocycles. The Hall–Kier alpha value is -2.34. The third-order valence-electron chi connectivity index (χ3n) is 2.35. The first-order valence-electron chi connectivity index (χ1n) is 5.44. The predicted molar refractivity (Wildman–Crippen MR) is 73.7 cm³/mol. The molecule has 0 aliphatic carbocycles. The van der Waals surface area contributed by atoms with E-state index in [1.165, 1.54) is 12.1 Å². The van der Waals surface area contributed by atoms with Crippen LogP contribution in [0.5, 0.6) is 0 Å². The third-order valence-corrected chi connectivity index (χ3v) is 2.76. The first kappa shape index (κ1) is 13.1. The van der Waals surface area contributed by atoms with Crippen molar-refractivity contribution in [3.8, 4) is 0 Å². The fourth-order valence-electron chi connectivity index (χ4n) is 1.36. The van der Waals surface area contributed by atoms with Crippen LogP contribution in [0.1, 0.15) is 5.56 Å². The molecule has 1 heterocycles. The Labute approximate surface area is 113 Å². The summed E-state index contributed by atoms with van der Waals surface area (Å²) in [5.74, 6) is 0.246. The quantitative estimate of drug-likeness (QED) is 0.788. The predicted octanol–water partition coefficient (Wildman–Crippen LogP) is 2.38. The number of H-pyrrole nitrogens is 1. The van der Waals surface area contributed by atoms with E-state index in [0.717, 1.165) is 5.56 Å². The molecule has 2 amide bonds. The fourth-order valence-corrected chi connectivity index (χ4v) is 1.54. The zero-order valence-electron chi connectivity index (χ0n) is 10.0. The van der Waals surface area contributed by atoms with Crippen molar-refractivity contribution in [1.82, 2.24) is 10.2 Å². The highest BCUT2D eigenvalue weighted by Crippen LogP contribution is 2.19. The standard InChI is InChI=1S/C12H11ClN4O2/c1-7-2-3-8(6-9(7)13)14-12(19)15-10-4-5-11(18)17-16-10/h2-6H,1H3,(H,17,18)(H2,14,15,16,19). The molecule has 0 atom stereocenters. The van der Waals surface area contributed by atoms with Gasteiger partial charge in [-0.05, 0) is 30.7 Å². The second kappa shape index (κ2) is 5.53. The third kappa shape index (κ3) is 3.56. The largest absolute Gasteiger partial charge is 0.324 e.